The van der Waals surface area contributed by atoms with Gasteiger partial charge in [-0.1, -0.05) is 38.1 Å². The molecular formula is C22H29F2NO. The standard InChI is InChI=1S/C22H29F2NO/c1-15(2)25-14-21(22-16(3)8-5-9-17(22)4)26-13-7-10-18-19(23)11-6-12-20(18)24/h5-6,8-9,11-12,15,21,25H,7,10,13-14H2,1-4H3. The molecule has 0 aliphatic rings. The van der Waals surface area contributed by atoms with E-state index in [-0.39, 0.29) is 11.7 Å². The lowest BCUT2D eigenvalue weighted by Gasteiger charge is -2.24. The molecule has 2 rings (SSSR count). The normalized spacial score (nSPS) is 12.6. The molecule has 2 aromatic rings. The second kappa shape index (κ2) is 9.79. The Morgan fingerprint density at radius 1 is 0.962 bits per heavy atom. The molecule has 142 valence electrons. The molecular weight excluding hydrogens is 332 g/mol. The number of benzene rings is 2. The van der Waals surface area contributed by atoms with Gasteiger partial charge in [0.2, 0.25) is 0 Å². The highest BCUT2D eigenvalue weighted by molar-refractivity contribution is 5.35. The lowest BCUT2D eigenvalue weighted by molar-refractivity contribution is 0.0488. The van der Waals surface area contributed by atoms with E-state index in [1.165, 1.54) is 34.9 Å². The van der Waals surface area contributed by atoms with Gasteiger partial charge in [0, 0.05) is 24.8 Å². The summed E-state index contributed by atoms with van der Waals surface area (Å²) in [5, 5.41) is 3.43. The minimum atomic E-state index is -0.488. The van der Waals surface area contributed by atoms with E-state index in [2.05, 4.69) is 45.1 Å². The fourth-order valence-corrected chi connectivity index (χ4v) is 3.17. The molecule has 1 atom stereocenters. The van der Waals surface area contributed by atoms with Crippen molar-refractivity contribution >= 4 is 0 Å². The van der Waals surface area contributed by atoms with E-state index in [4.69, 9.17) is 4.74 Å². The van der Waals surface area contributed by atoms with E-state index in [0.29, 0.717) is 32.0 Å². The first kappa shape index (κ1) is 20.5. The Morgan fingerprint density at radius 2 is 1.54 bits per heavy atom. The molecule has 0 aliphatic heterocycles. The molecule has 0 fully saturated rings. The molecule has 0 saturated heterocycles. The molecule has 1 unspecified atom stereocenters. The molecule has 0 radical (unpaired) electrons. The number of hydrogen-bond donors (Lipinski definition) is 1. The van der Waals surface area contributed by atoms with E-state index >= 15 is 0 Å². The Bertz CT molecular complexity index is 675. The SMILES string of the molecule is Cc1cccc(C)c1C(CNC(C)C)OCCCc1c(F)cccc1F. The first-order valence-electron chi connectivity index (χ1n) is 9.24. The van der Waals surface area contributed by atoms with Crippen molar-refractivity contribution in [1.82, 2.24) is 5.32 Å². The Labute approximate surface area is 155 Å². The number of halogens is 2. The minimum absolute atomic E-state index is 0.0796. The van der Waals surface area contributed by atoms with Gasteiger partial charge >= 0.3 is 0 Å². The highest BCUT2D eigenvalue weighted by atomic mass is 19.1. The Kier molecular flexibility index (Phi) is 7.73. The zero-order chi connectivity index (χ0) is 19.1. The molecule has 0 aromatic heterocycles. The lowest BCUT2D eigenvalue weighted by Crippen LogP contribution is -2.30. The third-order valence-corrected chi connectivity index (χ3v) is 4.53. The van der Waals surface area contributed by atoms with Crippen molar-refractivity contribution < 1.29 is 13.5 Å². The molecule has 26 heavy (non-hydrogen) atoms. The average molecular weight is 361 g/mol. The lowest BCUT2D eigenvalue weighted by atomic mass is 9.97. The van der Waals surface area contributed by atoms with Gasteiger partial charge in [-0.15, -0.1) is 0 Å². The summed E-state index contributed by atoms with van der Waals surface area (Å²) < 4.78 is 33.6. The van der Waals surface area contributed by atoms with Crippen LogP contribution in [0.1, 0.15) is 48.6 Å². The highest BCUT2D eigenvalue weighted by Crippen LogP contribution is 2.25. The van der Waals surface area contributed by atoms with E-state index in [9.17, 15) is 8.78 Å². The van der Waals surface area contributed by atoms with Crippen molar-refractivity contribution in [3.8, 4) is 0 Å². The van der Waals surface area contributed by atoms with Crippen LogP contribution in [-0.2, 0) is 11.2 Å². The Morgan fingerprint density at radius 3 is 2.12 bits per heavy atom. The quantitative estimate of drug-likeness (QED) is 0.614. The average Bonchev–Trinajstić information content (AvgIpc) is 2.57. The zero-order valence-corrected chi connectivity index (χ0v) is 16.1. The number of ether oxygens (including phenoxy) is 1. The highest BCUT2D eigenvalue weighted by Gasteiger charge is 2.17. The predicted octanol–water partition coefficient (Wildman–Crippen LogP) is 5.27. The molecule has 0 spiro atoms. The van der Waals surface area contributed by atoms with Gasteiger partial charge in [-0.2, -0.15) is 0 Å². The van der Waals surface area contributed by atoms with Crippen LogP contribution in [0.25, 0.3) is 0 Å². The van der Waals surface area contributed by atoms with Crippen molar-refractivity contribution in [2.75, 3.05) is 13.2 Å². The molecule has 1 N–H and O–H groups in total. The summed E-state index contributed by atoms with van der Waals surface area (Å²) in [6.45, 7) is 9.53. The van der Waals surface area contributed by atoms with E-state index in [1.807, 2.05) is 6.07 Å². The summed E-state index contributed by atoms with van der Waals surface area (Å²) in [6.07, 6.45) is 0.820. The van der Waals surface area contributed by atoms with Crippen LogP contribution in [0.15, 0.2) is 36.4 Å². The smallest absolute Gasteiger partial charge is 0.129 e. The van der Waals surface area contributed by atoms with Gasteiger partial charge in [-0.05, 0) is 55.5 Å². The van der Waals surface area contributed by atoms with Crippen molar-refractivity contribution in [3.63, 3.8) is 0 Å². The number of rotatable bonds is 9. The van der Waals surface area contributed by atoms with Gasteiger partial charge in [0.15, 0.2) is 0 Å². The van der Waals surface area contributed by atoms with Crippen molar-refractivity contribution in [2.45, 2.75) is 52.7 Å². The molecule has 2 aromatic carbocycles. The van der Waals surface area contributed by atoms with Gasteiger partial charge in [-0.25, -0.2) is 8.78 Å². The first-order chi connectivity index (χ1) is 12.4. The van der Waals surface area contributed by atoms with Crippen LogP contribution in [0.5, 0.6) is 0 Å². The van der Waals surface area contributed by atoms with Gasteiger partial charge in [0.05, 0.1) is 6.10 Å². The third-order valence-electron chi connectivity index (χ3n) is 4.53. The maximum absolute atomic E-state index is 13.7. The van der Waals surface area contributed by atoms with Crippen LogP contribution >= 0.6 is 0 Å². The van der Waals surface area contributed by atoms with Crippen LogP contribution < -0.4 is 5.32 Å². The topological polar surface area (TPSA) is 21.3 Å². The van der Waals surface area contributed by atoms with Crippen LogP contribution in [0, 0.1) is 25.5 Å². The number of nitrogens with one attached hydrogen (secondary N) is 1. The van der Waals surface area contributed by atoms with Crippen molar-refractivity contribution in [1.29, 1.82) is 0 Å². The molecule has 0 saturated carbocycles. The Hall–Kier alpha value is -1.78. The third kappa shape index (κ3) is 5.61. The molecule has 4 heteroatoms. The molecule has 0 bridgehead atoms. The predicted molar refractivity (Wildman–Crippen MR) is 102 cm³/mol. The summed E-state index contributed by atoms with van der Waals surface area (Å²) in [4.78, 5) is 0. The summed E-state index contributed by atoms with van der Waals surface area (Å²) >= 11 is 0. The van der Waals surface area contributed by atoms with Crippen molar-refractivity contribution in [2.24, 2.45) is 0 Å². The van der Waals surface area contributed by atoms with Gasteiger partial charge in [0.25, 0.3) is 0 Å². The fraction of sp³-hybridized carbons (Fsp3) is 0.455. The van der Waals surface area contributed by atoms with Gasteiger partial charge in [0.1, 0.15) is 11.6 Å². The second-order valence-corrected chi connectivity index (χ2v) is 7.03. The summed E-state index contributed by atoms with van der Waals surface area (Å²) in [6, 6.07) is 10.6. The van der Waals surface area contributed by atoms with Gasteiger partial charge in [-0.3, -0.25) is 0 Å². The zero-order valence-electron chi connectivity index (χ0n) is 16.1. The number of aryl methyl sites for hydroxylation is 2. The minimum Gasteiger partial charge on any atom is -0.372 e. The van der Waals surface area contributed by atoms with Crippen LogP contribution in [-0.4, -0.2) is 19.2 Å². The van der Waals surface area contributed by atoms with Crippen molar-refractivity contribution in [3.05, 3.63) is 70.3 Å². The molecule has 2 nitrogen and oxygen atoms in total. The maximum Gasteiger partial charge on any atom is 0.129 e. The van der Waals surface area contributed by atoms with E-state index in [1.54, 1.807) is 0 Å². The fourth-order valence-electron chi connectivity index (χ4n) is 3.17. The molecule has 0 amide bonds. The first-order valence-corrected chi connectivity index (χ1v) is 9.24. The van der Waals surface area contributed by atoms with Gasteiger partial charge < -0.3 is 10.1 Å². The second-order valence-electron chi connectivity index (χ2n) is 7.03. The number of hydrogen-bond acceptors (Lipinski definition) is 2. The molecule has 0 aliphatic carbocycles. The van der Waals surface area contributed by atoms with Crippen LogP contribution in [0.2, 0.25) is 0 Å². The molecule has 0 heterocycles. The summed E-state index contributed by atoms with van der Waals surface area (Å²) in [5.41, 5.74) is 3.72. The van der Waals surface area contributed by atoms with Crippen LogP contribution in [0.3, 0.4) is 0 Å². The largest absolute Gasteiger partial charge is 0.372 e. The van der Waals surface area contributed by atoms with E-state index in [0.717, 1.165) is 0 Å². The summed E-state index contributed by atoms with van der Waals surface area (Å²) in [7, 11) is 0. The Balaban J connectivity index is 2.01. The maximum atomic E-state index is 13.7. The van der Waals surface area contributed by atoms with Crippen LogP contribution in [0.4, 0.5) is 8.78 Å². The monoisotopic (exact) mass is 361 g/mol. The summed E-state index contributed by atoms with van der Waals surface area (Å²) in [5.74, 6) is -0.976. The van der Waals surface area contributed by atoms with E-state index < -0.39 is 11.6 Å².